The highest BCUT2D eigenvalue weighted by molar-refractivity contribution is 7.14. The van der Waals surface area contributed by atoms with Gasteiger partial charge in [0, 0.05) is 28.2 Å². The van der Waals surface area contributed by atoms with Gasteiger partial charge in [0.2, 0.25) is 5.13 Å². The number of carbonyl (C=O) groups excluding carboxylic acids is 1. The van der Waals surface area contributed by atoms with E-state index < -0.39 is 24.1 Å². The van der Waals surface area contributed by atoms with E-state index in [1.165, 1.54) is 11.3 Å². The van der Waals surface area contributed by atoms with Crippen molar-refractivity contribution in [2.24, 2.45) is 0 Å². The van der Waals surface area contributed by atoms with Crippen molar-refractivity contribution in [2.45, 2.75) is 25.1 Å². The van der Waals surface area contributed by atoms with Gasteiger partial charge in [0.1, 0.15) is 11.6 Å². The molecule has 29 heavy (non-hydrogen) atoms. The molecule has 1 amide bonds. The first kappa shape index (κ1) is 21.2. The fourth-order valence-corrected chi connectivity index (χ4v) is 3.81. The van der Waals surface area contributed by atoms with Crippen LogP contribution in [0.15, 0.2) is 35.7 Å². The molecule has 2 N–H and O–H groups in total. The molecule has 0 radical (unpaired) electrons. The number of methoxy groups -OCH3 is 1. The molecule has 3 rings (SSSR count). The molecule has 6 nitrogen and oxygen atoms in total. The van der Waals surface area contributed by atoms with Gasteiger partial charge in [-0.3, -0.25) is 10.1 Å². The van der Waals surface area contributed by atoms with Crippen LogP contribution in [0.1, 0.15) is 23.1 Å². The molecule has 3 aromatic rings. The van der Waals surface area contributed by atoms with Crippen LogP contribution in [0.3, 0.4) is 0 Å². The number of thiophene rings is 1. The lowest BCUT2D eigenvalue weighted by molar-refractivity contribution is -0.252. The Labute approximate surface area is 172 Å². The van der Waals surface area contributed by atoms with Crippen molar-refractivity contribution in [3.8, 4) is 16.2 Å². The standard InChI is InChI=1S/C18H16F3N3O3S2/c1-17(26,18(19,20)21)8-14-22-16(29-24-14)23-15(25)11-7-13(28-9-11)10-4-3-5-12(6-10)27-2/h3-7,9,26H,8H2,1-2H3,(H,22,23,24,25). The van der Waals surface area contributed by atoms with Gasteiger partial charge < -0.3 is 9.84 Å². The van der Waals surface area contributed by atoms with Gasteiger partial charge in [-0.15, -0.1) is 11.3 Å². The SMILES string of the molecule is COc1cccc(-c2cc(C(=O)Nc3nc(CC(C)(O)C(F)(F)F)ns3)cs2)c1. The van der Waals surface area contributed by atoms with Gasteiger partial charge in [-0.1, -0.05) is 12.1 Å². The number of alkyl halides is 3. The summed E-state index contributed by atoms with van der Waals surface area (Å²) in [7, 11) is 1.57. The molecule has 0 aliphatic carbocycles. The zero-order chi connectivity index (χ0) is 21.2. The molecular weight excluding hydrogens is 427 g/mol. The van der Waals surface area contributed by atoms with Crippen molar-refractivity contribution in [2.75, 3.05) is 12.4 Å². The molecule has 0 saturated heterocycles. The van der Waals surface area contributed by atoms with Gasteiger partial charge in [0.05, 0.1) is 12.7 Å². The van der Waals surface area contributed by atoms with E-state index in [1.807, 2.05) is 24.3 Å². The fraction of sp³-hybridized carbons (Fsp3) is 0.278. The molecule has 1 aromatic carbocycles. The number of hydrogen-bond acceptors (Lipinski definition) is 7. The molecule has 2 heterocycles. The maximum absolute atomic E-state index is 12.8. The summed E-state index contributed by atoms with van der Waals surface area (Å²) in [6.45, 7) is 0.651. The third-order valence-electron chi connectivity index (χ3n) is 4.02. The minimum absolute atomic E-state index is 0.0529. The van der Waals surface area contributed by atoms with E-state index in [4.69, 9.17) is 4.74 Å². The highest BCUT2D eigenvalue weighted by Gasteiger charge is 2.50. The van der Waals surface area contributed by atoms with Gasteiger partial charge in [0.15, 0.2) is 5.60 Å². The summed E-state index contributed by atoms with van der Waals surface area (Å²) >= 11 is 2.12. The number of ether oxygens (including phenoxy) is 1. The second kappa shape index (κ2) is 8.09. The normalized spacial score (nSPS) is 13.7. The number of hydrogen-bond donors (Lipinski definition) is 2. The van der Waals surface area contributed by atoms with Crippen molar-refractivity contribution in [3.63, 3.8) is 0 Å². The largest absolute Gasteiger partial charge is 0.497 e. The van der Waals surface area contributed by atoms with E-state index in [0.29, 0.717) is 18.2 Å². The van der Waals surface area contributed by atoms with Crippen molar-refractivity contribution >= 4 is 33.9 Å². The first-order valence-electron chi connectivity index (χ1n) is 8.25. The van der Waals surface area contributed by atoms with Gasteiger partial charge >= 0.3 is 6.18 Å². The molecule has 0 fully saturated rings. The quantitative estimate of drug-likeness (QED) is 0.591. The zero-order valence-corrected chi connectivity index (χ0v) is 16.9. The fourth-order valence-electron chi connectivity index (χ4n) is 2.34. The van der Waals surface area contributed by atoms with Crippen molar-refractivity contribution in [1.82, 2.24) is 9.36 Å². The summed E-state index contributed by atoms with van der Waals surface area (Å²) in [4.78, 5) is 17.1. The lowest BCUT2D eigenvalue weighted by Crippen LogP contribution is -2.44. The zero-order valence-electron chi connectivity index (χ0n) is 15.3. The third-order valence-corrected chi connectivity index (χ3v) is 5.67. The van der Waals surface area contributed by atoms with Crippen LogP contribution >= 0.6 is 22.9 Å². The maximum Gasteiger partial charge on any atom is 0.417 e. The third kappa shape index (κ3) is 4.92. The number of nitrogens with zero attached hydrogens (tertiary/aromatic N) is 2. The summed E-state index contributed by atoms with van der Waals surface area (Å²) in [6.07, 6.45) is -5.61. The molecule has 1 unspecified atom stereocenters. The summed E-state index contributed by atoms with van der Waals surface area (Å²) in [5.41, 5.74) is -1.68. The van der Waals surface area contributed by atoms with Gasteiger partial charge in [0.25, 0.3) is 5.91 Å². The van der Waals surface area contributed by atoms with E-state index in [-0.39, 0.29) is 11.0 Å². The average Bonchev–Trinajstić information content (AvgIpc) is 3.30. The number of anilines is 1. The molecular formula is C18H16F3N3O3S2. The maximum atomic E-state index is 12.8. The van der Waals surface area contributed by atoms with Gasteiger partial charge in [-0.2, -0.15) is 17.5 Å². The predicted molar refractivity (Wildman–Crippen MR) is 105 cm³/mol. The molecule has 0 aliphatic heterocycles. The predicted octanol–water partition coefficient (Wildman–Crippen LogP) is 4.38. The van der Waals surface area contributed by atoms with Crippen LogP contribution in [-0.4, -0.2) is 39.3 Å². The highest BCUT2D eigenvalue weighted by Crippen LogP contribution is 2.33. The number of nitrogens with one attached hydrogen (secondary N) is 1. The molecule has 0 saturated carbocycles. The lowest BCUT2D eigenvalue weighted by atomic mass is 10.0. The number of aromatic nitrogens is 2. The number of aliphatic hydroxyl groups is 1. The van der Waals surface area contributed by atoms with E-state index >= 15 is 0 Å². The first-order valence-corrected chi connectivity index (χ1v) is 9.90. The number of halogens is 3. The lowest BCUT2D eigenvalue weighted by Gasteiger charge is -2.24. The molecule has 0 bridgehead atoms. The molecule has 11 heteroatoms. The van der Waals surface area contributed by atoms with Crippen molar-refractivity contribution in [3.05, 3.63) is 47.1 Å². The number of carbonyl (C=O) groups is 1. The van der Waals surface area contributed by atoms with E-state index in [2.05, 4.69) is 14.7 Å². The topological polar surface area (TPSA) is 84.3 Å². The van der Waals surface area contributed by atoms with Crippen LogP contribution in [0.5, 0.6) is 5.75 Å². The van der Waals surface area contributed by atoms with Crippen LogP contribution in [-0.2, 0) is 6.42 Å². The van der Waals surface area contributed by atoms with Crippen LogP contribution < -0.4 is 10.1 Å². The minimum atomic E-state index is -4.81. The van der Waals surface area contributed by atoms with E-state index in [0.717, 1.165) is 22.0 Å². The molecule has 0 spiro atoms. The van der Waals surface area contributed by atoms with Crippen molar-refractivity contribution in [1.29, 1.82) is 0 Å². The summed E-state index contributed by atoms with van der Waals surface area (Å²) < 4.78 is 47.3. The Morgan fingerprint density at radius 1 is 1.31 bits per heavy atom. The minimum Gasteiger partial charge on any atom is -0.497 e. The van der Waals surface area contributed by atoms with Gasteiger partial charge in [-0.25, -0.2) is 4.98 Å². The Morgan fingerprint density at radius 3 is 2.76 bits per heavy atom. The molecule has 1 atom stereocenters. The second-order valence-electron chi connectivity index (χ2n) is 6.35. The monoisotopic (exact) mass is 443 g/mol. The molecule has 2 aromatic heterocycles. The summed E-state index contributed by atoms with van der Waals surface area (Å²) in [6, 6.07) is 9.09. The van der Waals surface area contributed by atoms with Gasteiger partial charge in [-0.05, 0) is 30.7 Å². The van der Waals surface area contributed by atoms with Crippen LogP contribution in [0.2, 0.25) is 0 Å². The second-order valence-corrected chi connectivity index (χ2v) is 8.01. The summed E-state index contributed by atoms with van der Waals surface area (Å²) in [5, 5.41) is 13.8. The Kier molecular flexibility index (Phi) is 5.92. The Hall–Kier alpha value is -2.50. The molecule has 0 aliphatic rings. The Balaban J connectivity index is 1.69. The van der Waals surface area contributed by atoms with Crippen LogP contribution in [0, 0.1) is 0 Å². The van der Waals surface area contributed by atoms with Crippen LogP contribution in [0.4, 0.5) is 18.3 Å². The number of amides is 1. The first-order chi connectivity index (χ1) is 13.6. The average molecular weight is 443 g/mol. The smallest absolute Gasteiger partial charge is 0.417 e. The molecule has 154 valence electrons. The highest BCUT2D eigenvalue weighted by atomic mass is 32.1. The van der Waals surface area contributed by atoms with E-state index in [1.54, 1.807) is 18.6 Å². The van der Waals surface area contributed by atoms with E-state index in [9.17, 15) is 23.1 Å². The Morgan fingerprint density at radius 2 is 2.07 bits per heavy atom. The van der Waals surface area contributed by atoms with Crippen molar-refractivity contribution < 1.29 is 27.8 Å². The van der Waals surface area contributed by atoms with Crippen LogP contribution in [0.25, 0.3) is 10.4 Å². The number of rotatable bonds is 6. The summed E-state index contributed by atoms with van der Waals surface area (Å²) in [5.74, 6) is 0.0359. The Bertz CT molecular complexity index is 1010. The number of benzene rings is 1.